The van der Waals surface area contributed by atoms with Crippen LogP contribution in [0.2, 0.25) is 0 Å². The first-order chi connectivity index (χ1) is 37.0. The lowest BCUT2D eigenvalue weighted by atomic mass is 9.67. The number of carbonyl (C=O) groups excluding carboxylic acids is 4. The smallest absolute Gasteiger partial charge is 0.330 e. The Hall–Kier alpha value is -3.60. The van der Waals surface area contributed by atoms with Crippen LogP contribution >= 0.6 is 0 Å². The van der Waals surface area contributed by atoms with Crippen molar-refractivity contribution in [1.29, 1.82) is 0 Å². The average Bonchev–Trinajstić information content (AvgIpc) is 3.46. The van der Waals surface area contributed by atoms with E-state index in [4.69, 9.17) is 28.4 Å². The van der Waals surface area contributed by atoms with Gasteiger partial charge in [-0.05, 0) is 226 Å². The number of esters is 4. The van der Waals surface area contributed by atoms with E-state index < -0.39 is 11.2 Å². The van der Waals surface area contributed by atoms with Gasteiger partial charge in [-0.2, -0.15) is 0 Å². The predicted molar refractivity (Wildman–Crippen MR) is 300 cm³/mol. The highest BCUT2D eigenvalue weighted by molar-refractivity contribution is 5.81. The molecule has 6 aliphatic rings. The second-order valence-corrected chi connectivity index (χ2v) is 24.4. The molecule has 6 aliphatic carbocycles. The third-order valence-corrected chi connectivity index (χ3v) is 19.0. The van der Waals surface area contributed by atoms with Crippen LogP contribution in [0.5, 0.6) is 0 Å². The second kappa shape index (κ2) is 33.7. The van der Waals surface area contributed by atoms with E-state index in [0.29, 0.717) is 38.3 Å². The van der Waals surface area contributed by atoms with Crippen molar-refractivity contribution in [3.63, 3.8) is 0 Å². The van der Waals surface area contributed by atoms with Crippen LogP contribution in [0.3, 0.4) is 0 Å². The number of hydrogen-bond acceptors (Lipinski definition) is 10. The molecular formula is C66H102O10. The van der Waals surface area contributed by atoms with Crippen LogP contribution in [-0.2, 0) is 47.6 Å². The standard InChI is InChI=1S/C66H102O10/c1-5-19-51-21-25-53(26-22-51)55-37-43-65(44-38-55,75-63(69)57-29-33-59(34-30-57)71-47-15-9-11-17-49-73-61(67)7-3)41-13-14-42-66(45-39-56(40-46-66)54-27-23-52(20-6-2)24-28-54)76-64(70)58-31-35-60(36-32-58)72-48-16-10-12-18-50-74-62(68)8-4/h7-8,51-60H,3-6,9-12,15-40,43-50H2,1-2H3. The molecule has 6 saturated carbocycles. The maximum atomic E-state index is 14.2. The molecular weight excluding hydrogens is 953 g/mol. The summed E-state index contributed by atoms with van der Waals surface area (Å²) in [5.74, 6) is 16.8. The van der Waals surface area contributed by atoms with Crippen molar-refractivity contribution in [1.82, 2.24) is 0 Å². The van der Waals surface area contributed by atoms with Crippen LogP contribution in [0, 0.1) is 71.0 Å². The topological polar surface area (TPSA) is 124 Å². The molecule has 0 radical (unpaired) electrons. The lowest BCUT2D eigenvalue weighted by molar-refractivity contribution is -0.166. The Kier molecular flexibility index (Phi) is 27.4. The zero-order chi connectivity index (χ0) is 53.9. The predicted octanol–water partition coefficient (Wildman–Crippen LogP) is 14.9. The van der Waals surface area contributed by atoms with E-state index in [-0.39, 0.29) is 47.9 Å². The normalized spacial score (nSPS) is 31.7. The van der Waals surface area contributed by atoms with Gasteiger partial charge >= 0.3 is 23.9 Å². The van der Waals surface area contributed by atoms with E-state index >= 15 is 0 Å². The van der Waals surface area contributed by atoms with Crippen molar-refractivity contribution in [3.05, 3.63) is 25.3 Å². The molecule has 0 aliphatic heterocycles. The minimum atomic E-state index is -0.861. The molecule has 0 saturated heterocycles. The van der Waals surface area contributed by atoms with Gasteiger partial charge in [-0.15, -0.1) is 0 Å². The SMILES string of the molecule is C=CC(=O)OCCCCCCOC1CCC(C(=O)OC2(C#CC#CC3(OC(=O)C4CCC(OCCCCCCOC(=O)C=C)CC4)CCC(C4CCC(CCC)CC4)CC3)CCC(C3CCC(CCC)CC3)CC2)CC1. The van der Waals surface area contributed by atoms with Crippen molar-refractivity contribution in [2.75, 3.05) is 26.4 Å². The van der Waals surface area contributed by atoms with Crippen LogP contribution in [0.25, 0.3) is 0 Å². The lowest BCUT2D eigenvalue weighted by Crippen LogP contribution is -2.42. The molecule has 6 fully saturated rings. The van der Waals surface area contributed by atoms with Crippen molar-refractivity contribution in [2.45, 2.75) is 268 Å². The van der Waals surface area contributed by atoms with Gasteiger partial charge in [0.1, 0.15) is 0 Å². The van der Waals surface area contributed by atoms with E-state index in [1.54, 1.807) is 0 Å². The summed E-state index contributed by atoms with van der Waals surface area (Å²) in [6, 6.07) is 0. The Morgan fingerprint density at radius 3 is 1.09 bits per heavy atom. The van der Waals surface area contributed by atoms with Crippen molar-refractivity contribution in [3.8, 4) is 23.7 Å². The first-order valence-electron chi connectivity index (χ1n) is 31.4. The highest BCUT2D eigenvalue weighted by atomic mass is 16.6. The fourth-order valence-electron chi connectivity index (χ4n) is 14.2. The summed E-state index contributed by atoms with van der Waals surface area (Å²) in [5, 5.41) is 0. The maximum Gasteiger partial charge on any atom is 0.330 e. The van der Waals surface area contributed by atoms with Gasteiger partial charge in [0.2, 0.25) is 0 Å². The molecule has 6 rings (SSSR count). The summed E-state index contributed by atoms with van der Waals surface area (Å²) in [4.78, 5) is 50.9. The summed E-state index contributed by atoms with van der Waals surface area (Å²) in [7, 11) is 0. The Bertz CT molecular complexity index is 1730. The molecule has 0 unspecified atom stereocenters. The van der Waals surface area contributed by atoms with Gasteiger partial charge < -0.3 is 28.4 Å². The summed E-state index contributed by atoms with van der Waals surface area (Å²) < 4.78 is 36.0. The number of carbonyl (C=O) groups is 4. The van der Waals surface area contributed by atoms with Gasteiger partial charge in [-0.1, -0.05) is 91.2 Å². The fraction of sp³-hybridized carbons (Fsp3) is 0.818. The van der Waals surface area contributed by atoms with Gasteiger partial charge in [0.25, 0.3) is 0 Å². The van der Waals surface area contributed by atoms with Gasteiger partial charge in [0.05, 0.1) is 37.3 Å². The first kappa shape index (κ1) is 61.6. The minimum Gasteiger partial charge on any atom is -0.463 e. The van der Waals surface area contributed by atoms with Crippen LogP contribution in [-0.4, -0.2) is 73.7 Å². The third kappa shape index (κ3) is 20.9. The Morgan fingerprint density at radius 1 is 0.434 bits per heavy atom. The molecule has 0 bridgehead atoms. The van der Waals surface area contributed by atoms with E-state index in [1.165, 1.54) is 89.2 Å². The molecule has 0 atom stereocenters. The fourth-order valence-corrected chi connectivity index (χ4v) is 14.2. The molecule has 10 heteroatoms. The monoisotopic (exact) mass is 1050 g/mol. The summed E-state index contributed by atoms with van der Waals surface area (Å²) >= 11 is 0. The quantitative estimate of drug-likeness (QED) is 0.0246. The molecule has 0 aromatic rings. The van der Waals surface area contributed by atoms with Crippen molar-refractivity contribution < 1.29 is 47.6 Å². The summed E-state index contributed by atoms with van der Waals surface area (Å²) in [6.07, 6.45) is 39.7. The van der Waals surface area contributed by atoms with E-state index in [1.807, 2.05) is 0 Å². The van der Waals surface area contributed by atoms with Crippen LogP contribution in [0.1, 0.15) is 245 Å². The number of hydrogen-bond donors (Lipinski definition) is 0. The Labute approximate surface area is 460 Å². The lowest BCUT2D eigenvalue weighted by Gasteiger charge is -2.41. The molecule has 0 heterocycles. The average molecular weight is 1060 g/mol. The highest BCUT2D eigenvalue weighted by Crippen LogP contribution is 2.47. The first-order valence-corrected chi connectivity index (χ1v) is 31.4. The van der Waals surface area contributed by atoms with Gasteiger partial charge in [-0.25, -0.2) is 9.59 Å². The Morgan fingerprint density at radius 2 is 0.763 bits per heavy atom. The molecule has 76 heavy (non-hydrogen) atoms. The zero-order valence-corrected chi connectivity index (χ0v) is 47.7. The van der Waals surface area contributed by atoms with Gasteiger partial charge in [0, 0.05) is 25.4 Å². The molecule has 0 amide bonds. The molecule has 0 aromatic heterocycles. The van der Waals surface area contributed by atoms with Gasteiger partial charge in [0.15, 0.2) is 11.2 Å². The number of unbranched alkanes of at least 4 members (excludes halogenated alkanes) is 6. The van der Waals surface area contributed by atoms with E-state index in [2.05, 4.69) is 50.7 Å². The van der Waals surface area contributed by atoms with Crippen LogP contribution < -0.4 is 0 Å². The minimum absolute atomic E-state index is 0.121. The second-order valence-electron chi connectivity index (χ2n) is 24.4. The van der Waals surface area contributed by atoms with Crippen molar-refractivity contribution >= 4 is 23.9 Å². The molecule has 0 N–H and O–H groups in total. The van der Waals surface area contributed by atoms with E-state index in [9.17, 15) is 19.2 Å². The maximum absolute atomic E-state index is 14.2. The molecule has 426 valence electrons. The molecule has 0 aromatic carbocycles. The van der Waals surface area contributed by atoms with Crippen LogP contribution in [0.4, 0.5) is 0 Å². The molecule has 0 spiro atoms. The zero-order valence-electron chi connectivity index (χ0n) is 47.7. The largest absolute Gasteiger partial charge is 0.463 e. The van der Waals surface area contributed by atoms with Crippen LogP contribution in [0.15, 0.2) is 25.3 Å². The number of rotatable bonds is 28. The van der Waals surface area contributed by atoms with E-state index in [0.717, 1.165) is 178 Å². The third-order valence-electron chi connectivity index (χ3n) is 19.0. The Balaban J connectivity index is 1.06. The number of ether oxygens (including phenoxy) is 6. The summed E-state index contributed by atoms with van der Waals surface area (Å²) in [5.41, 5.74) is -1.72. The highest BCUT2D eigenvalue weighted by Gasteiger charge is 2.44. The van der Waals surface area contributed by atoms with Gasteiger partial charge in [-0.3, -0.25) is 9.59 Å². The van der Waals surface area contributed by atoms with Crippen molar-refractivity contribution in [2.24, 2.45) is 47.3 Å². The molecule has 10 nitrogen and oxygen atoms in total. The summed E-state index contributed by atoms with van der Waals surface area (Å²) in [6.45, 7) is 13.8.